The Hall–Kier alpha value is -1.12. The Balaban J connectivity index is 2.74. The Bertz CT molecular complexity index is 278. The predicted octanol–water partition coefficient (Wildman–Crippen LogP) is 2.76. The Morgan fingerprint density at radius 1 is 1.57 bits per heavy atom. The molecule has 78 valence electrons. The van der Waals surface area contributed by atoms with Crippen LogP contribution in [0.15, 0.2) is 18.9 Å². The average molecular weight is 193 g/mol. The SMILES string of the molecule is C=CC(CC)c1cnnn1CCCC. The van der Waals surface area contributed by atoms with Crippen LogP contribution in [-0.4, -0.2) is 15.0 Å². The zero-order valence-electron chi connectivity index (χ0n) is 9.11. The van der Waals surface area contributed by atoms with Crippen LogP contribution in [0.1, 0.15) is 44.7 Å². The Labute approximate surface area is 85.8 Å². The van der Waals surface area contributed by atoms with Crippen LogP contribution in [-0.2, 0) is 6.54 Å². The van der Waals surface area contributed by atoms with Crippen molar-refractivity contribution in [1.82, 2.24) is 15.0 Å². The number of allylic oxidation sites excluding steroid dienone is 1. The number of nitrogens with zero attached hydrogens (tertiary/aromatic N) is 3. The highest BCUT2D eigenvalue weighted by molar-refractivity contribution is 5.09. The predicted molar refractivity (Wildman–Crippen MR) is 58.2 cm³/mol. The third-order valence-corrected chi connectivity index (χ3v) is 2.48. The molecule has 0 aliphatic rings. The minimum atomic E-state index is 0.391. The average Bonchev–Trinajstić information content (AvgIpc) is 2.65. The first-order valence-corrected chi connectivity index (χ1v) is 5.34. The maximum atomic E-state index is 4.09. The summed E-state index contributed by atoms with van der Waals surface area (Å²) in [6.07, 6.45) is 7.23. The molecule has 0 N–H and O–H groups in total. The zero-order chi connectivity index (χ0) is 10.4. The van der Waals surface area contributed by atoms with Gasteiger partial charge in [-0.1, -0.05) is 31.6 Å². The third-order valence-electron chi connectivity index (χ3n) is 2.48. The maximum absolute atomic E-state index is 4.09. The number of hydrogen-bond acceptors (Lipinski definition) is 2. The second-order valence-corrected chi connectivity index (χ2v) is 3.49. The molecule has 0 saturated heterocycles. The minimum Gasteiger partial charge on any atom is -0.249 e. The van der Waals surface area contributed by atoms with E-state index in [9.17, 15) is 0 Å². The molecule has 0 aliphatic carbocycles. The van der Waals surface area contributed by atoms with E-state index in [1.807, 2.05) is 17.0 Å². The van der Waals surface area contributed by atoms with Crippen molar-refractivity contribution in [3.63, 3.8) is 0 Å². The lowest BCUT2D eigenvalue weighted by Gasteiger charge is -2.11. The van der Waals surface area contributed by atoms with Crippen LogP contribution in [0.2, 0.25) is 0 Å². The van der Waals surface area contributed by atoms with Crippen LogP contribution >= 0.6 is 0 Å². The van der Waals surface area contributed by atoms with Gasteiger partial charge in [0.25, 0.3) is 0 Å². The molecule has 0 fully saturated rings. The largest absolute Gasteiger partial charge is 0.249 e. The van der Waals surface area contributed by atoms with Gasteiger partial charge in [-0.15, -0.1) is 11.7 Å². The van der Waals surface area contributed by atoms with Crippen molar-refractivity contribution in [1.29, 1.82) is 0 Å². The van der Waals surface area contributed by atoms with Crippen molar-refractivity contribution in [2.75, 3.05) is 0 Å². The lowest BCUT2D eigenvalue weighted by atomic mass is 10.0. The van der Waals surface area contributed by atoms with Crippen molar-refractivity contribution in [2.45, 2.75) is 45.6 Å². The summed E-state index contributed by atoms with van der Waals surface area (Å²) in [5.41, 5.74) is 1.19. The van der Waals surface area contributed by atoms with Crippen LogP contribution in [0.4, 0.5) is 0 Å². The van der Waals surface area contributed by atoms with Gasteiger partial charge in [-0.25, -0.2) is 4.68 Å². The summed E-state index contributed by atoms with van der Waals surface area (Å²) in [6.45, 7) is 9.15. The first-order valence-electron chi connectivity index (χ1n) is 5.34. The second kappa shape index (κ2) is 5.58. The molecule has 0 spiro atoms. The fourth-order valence-electron chi connectivity index (χ4n) is 1.53. The van der Waals surface area contributed by atoms with Gasteiger partial charge in [-0.2, -0.15) is 0 Å². The monoisotopic (exact) mass is 193 g/mol. The lowest BCUT2D eigenvalue weighted by Crippen LogP contribution is -2.08. The van der Waals surface area contributed by atoms with Crippen LogP contribution in [0.5, 0.6) is 0 Å². The lowest BCUT2D eigenvalue weighted by molar-refractivity contribution is 0.521. The van der Waals surface area contributed by atoms with Gasteiger partial charge < -0.3 is 0 Å². The molecule has 14 heavy (non-hydrogen) atoms. The van der Waals surface area contributed by atoms with Gasteiger partial charge in [0.05, 0.1) is 11.9 Å². The fraction of sp³-hybridized carbons (Fsp3) is 0.636. The fourth-order valence-corrected chi connectivity index (χ4v) is 1.53. The molecular weight excluding hydrogens is 174 g/mol. The molecule has 3 nitrogen and oxygen atoms in total. The smallest absolute Gasteiger partial charge is 0.0731 e. The molecule has 3 heteroatoms. The van der Waals surface area contributed by atoms with Gasteiger partial charge in [0.1, 0.15) is 0 Å². The van der Waals surface area contributed by atoms with Crippen LogP contribution < -0.4 is 0 Å². The van der Waals surface area contributed by atoms with Crippen LogP contribution in [0, 0.1) is 0 Å². The van der Waals surface area contributed by atoms with E-state index in [2.05, 4.69) is 30.7 Å². The number of aromatic nitrogens is 3. The third kappa shape index (κ3) is 2.44. The number of aryl methyl sites for hydroxylation is 1. The first kappa shape index (κ1) is 11.0. The number of rotatable bonds is 6. The van der Waals surface area contributed by atoms with E-state index in [0.29, 0.717) is 5.92 Å². The first-order chi connectivity index (χ1) is 6.83. The molecular formula is C11H19N3. The van der Waals surface area contributed by atoms with Crippen molar-refractivity contribution in [3.8, 4) is 0 Å². The topological polar surface area (TPSA) is 30.7 Å². The molecule has 0 bridgehead atoms. The van der Waals surface area contributed by atoms with E-state index in [-0.39, 0.29) is 0 Å². The van der Waals surface area contributed by atoms with E-state index in [0.717, 1.165) is 19.4 Å². The van der Waals surface area contributed by atoms with Gasteiger partial charge in [0.15, 0.2) is 0 Å². The van der Waals surface area contributed by atoms with E-state index < -0.39 is 0 Å². The number of unbranched alkanes of at least 4 members (excludes halogenated alkanes) is 1. The van der Waals surface area contributed by atoms with Crippen LogP contribution in [0.3, 0.4) is 0 Å². The quantitative estimate of drug-likeness (QED) is 0.650. The maximum Gasteiger partial charge on any atom is 0.0731 e. The number of hydrogen-bond donors (Lipinski definition) is 0. The van der Waals surface area contributed by atoms with Gasteiger partial charge in [-0.05, 0) is 12.8 Å². The Morgan fingerprint density at radius 3 is 2.93 bits per heavy atom. The molecule has 0 aromatic carbocycles. The summed E-state index contributed by atoms with van der Waals surface area (Å²) < 4.78 is 2.00. The van der Waals surface area contributed by atoms with Gasteiger partial charge in [-0.3, -0.25) is 0 Å². The van der Waals surface area contributed by atoms with E-state index >= 15 is 0 Å². The van der Waals surface area contributed by atoms with Crippen LogP contribution in [0.25, 0.3) is 0 Å². The summed E-state index contributed by atoms with van der Waals surface area (Å²) >= 11 is 0. The zero-order valence-corrected chi connectivity index (χ0v) is 9.11. The molecule has 1 heterocycles. The highest BCUT2D eigenvalue weighted by Gasteiger charge is 2.11. The minimum absolute atomic E-state index is 0.391. The molecule has 1 rings (SSSR count). The molecule has 1 atom stereocenters. The molecule has 1 unspecified atom stereocenters. The van der Waals surface area contributed by atoms with Gasteiger partial charge in [0.2, 0.25) is 0 Å². The summed E-state index contributed by atoms with van der Waals surface area (Å²) in [7, 11) is 0. The van der Waals surface area contributed by atoms with E-state index in [1.165, 1.54) is 12.1 Å². The van der Waals surface area contributed by atoms with E-state index in [1.54, 1.807) is 0 Å². The molecule has 0 aliphatic heterocycles. The summed E-state index contributed by atoms with van der Waals surface area (Å²) in [5, 5.41) is 8.05. The molecule has 0 radical (unpaired) electrons. The van der Waals surface area contributed by atoms with E-state index in [4.69, 9.17) is 0 Å². The van der Waals surface area contributed by atoms with Gasteiger partial charge in [0, 0.05) is 12.5 Å². The highest BCUT2D eigenvalue weighted by Crippen LogP contribution is 2.19. The second-order valence-electron chi connectivity index (χ2n) is 3.49. The summed E-state index contributed by atoms with van der Waals surface area (Å²) in [4.78, 5) is 0. The summed E-state index contributed by atoms with van der Waals surface area (Å²) in [6, 6.07) is 0. The Kier molecular flexibility index (Phi) is 4.36. The van der Waals surface area contributed by atoms with Crippen molar-refractivity contribution >= 4 is 0 Å². The van der Waals surface area contributed by atoms with Gasteiger partial charge >= 0.3 is 0 Å². The van der Waals surface area contributed by atoms with Crippen molar-refractivity contribution in [3.05, 3.63) is 24.5 Å². The Morgan fingerprint density at radius 2 is 2.36 bits per heavy atom. The molecule has 1 aromatic heterocycles. The summed E-state index contributed by atoms with van der Waals surface area (Å²) in [5.74, 6) is 0.391. The molecule has 1 aromatic rings. The standard InChI is InChI=1S/C11H19N3/c1-4-7-8-14-11(9-12-13-14)10(5-2)6-3/h5,9-10H,2,4,6-8H2,1,3H3. The normalized spacial score (nSPS) is 12.7. The molecule has 0 saturated carbocycles. The van der Waals surface area contributed by atoms with Crippen molar-refractivity contribution < 1.29 is 0 Å². The van der Waals surface area contributed by atoms with Crippen molar-refractivity contribution in [2.24, 2.45) is 0 Å². The molecule has 0 amide bonds. The highest BCUT2D eigenvalue weighted by atomic mass is 15.4.